The van der Waals surface area contributed by atoms with E-state index in [1.165, 1.54) is 11.1 Å². The topological polar surface area (TPSA) is 38.3 Å². The fourth-order valence-corrected chi connectivity index (χ4v) is 2.75. The largest absolute Gasteiger partial charge is 0.483 e. The molecular formula is C18H20BrNO2. The Labute approximate surface area is 139 Å². The lowest BCUT2D eigenvalue weighted by atomic mass is 10.1. The van der Waals surface area contributed by atoms with Crippen molar-refractivity contribution >= 4 is 21.8 Å². The maximum absolute atomic E-state index is 11.8. The second kappa shape index (κ2) is 7.99. The van der Waals surface area contributed by atoms with E-state index in [0.717, 1.165) is 16.5 Å². The highest BCUT2D eigenvalue weighted by molar-refractivity contribution is 9.10. The Bertz CT molecular complexity index is 655. The van der Waals surface area contributed by atoms with Crippen LogP contribution in [0.5, 0.6) is 5.75 Å². The van der Waals surface area contributed by atoms with E-state index in [1.807, 2.05) is 37.3 Å². The van der Waals surface area contributed by atoms with E-state index in [4.69, 9.17) is 4.74 Å². The Hall–Kier alpha value is -1.81. The summed E-state index contributed by atoms with van der Waals surface area (Å²) in [4.78, 5) is 11.8. The van der Waals surface area contributed by atoms with Crippen molar-refractivity contribution < 1.29 is 9.53 Å². The van der Waals surface area contributed by atoms with Crippen molar-refractivity contribution in [3.63, 3.8) is 0 Å². The van der Waals surface area contributed by atoms with Gasteiger partial charge in [0.15, 0.2) is 6.61 Å². The number of carbonyl (C=O) groups excluding carboxylic acids is 1. The molecule has 4 heteroatoms. The van der Waals surface area contributed by atoms with Crippen molar-refractivity contribution in [3.05, 3.63) is 63.6 Å². The molecule has 1 N–H and O–H groups in total. The molecule has 0 atom stereocenters. The summed E-state index contributed by atoms with van der Waals surface area (Å²) in [5.41, 5.74) is 3.64. The molecule has 2 aromatic rings. The first-order chi connectivity index (χ1) is 10.6. The first kappa shape index (κ1) is 16.6. The number of rotatable bonds is 6. The lowest BCUT2D eigenvalue weighted by Gasteiger charge is -2.10. The van der Waals surface area contributed by atoms with Crippen LogP contribution in [0, 0.1) is 13.8 Å². The highest BCUT2D eigenvalue weighted by Crippen LogP contribution is 2.25. The molecule has 3 nitrogen and oxygen atoms in total. The molecule has 0 unspecified atom stereocenters. The van der Waals surface area contributed by atoms with Crippen molar-refractivity contribution in [1.82, 2.24) is 5.32 Å². The van der Waals surface area contributed by atoms with Crippen LogP contribution >= 0.6 is 15.9 Å². The Morgan fingerprint density at radius 2 is 1.95 bits per heavy atom. The van der Waals surface area contributed by atoms with Crippen LogP contribution in [0.2, 0.25) is 0 Å². The molecule has 2 rings (SSSR count). The van der Waals surface area contributed by atoms with E-state index in [2.05, 4.69) is 40.3 Å². The molecule has 116 valence electrons. The predicted molar refractivity (Wildman–Crippen MR) is 92.3 cm³/mol. The summed E-state index contributed by atoms with van der Waals surface area (Å²) < 4.78 is 6.38. The highest BCUT2D eigenvalue weighted by atomic mass is 79.9. The van der Waals surface area contributed by atoms with E-state index < -0.39 is 0 Å². The number of amides is 1. The first-order valence-electron chi connectivity index (χ1n) is 7.26. The highest BCUT2D eigenvalue weighted by Gasteiger charge is 2.06. The average Bonchev–Trinajstić information content (AvgIpc) is 2.48. The molecular weight excluding hydrogens is 342 g/mol. The van der Waals surface area contributed by atoms with Crippen molar-refractivity contribution in [2.45, 2.75) is 20.3 Å². The molecule has 0 aromatic heterocycles. The van der Waals surface area contributed by atoms with Gasteiger partial charge in [-0.3, -0.25) is 4.79 Å². The Balaban J connectivity index is 1.75. The predicted octanol–water partition coefficient (Wildman–Crippen LogP) is 3.80. The molecule has 0 aliphatic heterocycles. The average molecular weight is 362 g/mol. The number of nitrogens with one attached hydrogen (secondary N) is 1. The van der Waals surface area contributed by atoms with Crippen molar-refractivity contribution in [1.29, 1.82) is 0 Å². The third-order valence-corrected chi connectivity index (χ3v) is 4.04. The minimum Gasteiger partial charge on any atom is -0.483 e. The van der Waals surface area contributed by atoms with Crippen molar-refractivity contribution in [3.8, 4) is 5.75 Å². The van der Waals surface area contributed by atoms with Gasteiger partial charge in [-0.25, -0.2) is 0 Å². The van der Waals surface area contributed by atoms with Gasteiger partial charge in [0, 0.05) is 6.54 Å². The second-order valence-corrected chi connectivity index (χ2v) is 6.10. The van der Waals surface area contributed by atoms with Gasteiger partial charge >= 0.3 is 0 Å². The van der Waals surface area contributed by atoms with Crippen LogP contribution in [-0.4, -0.2) is 19.1 Å². The molecule has 22 heavy (non-hydrogen) atoms. The number of halogens is 1. The zero-order chi connectivity index (χ0) is 15.9. The maximum Gasteiger partial charge on any atom is 0.257 e. The van der Waals surface area contributed by atoms with Crippen LogP contribution in [0.3, 0.4) is 0 Å². The number of carbonyl (C=O) groups is 1. The molecule has 0 aliphatic carbocycles. The molecule has 0 bridgehead atoms. The van der Waals surface area contributed by atoms with E-state index in [1.54, 1.807) is 0 Å². The molecule has 0 radical (unpaired) electrons. The zero-order valence-corrected chi connectivity index (χ0v) is 14.4. The van der Waals surface area contributed by atoms with Crippen molar-refractivity contribution in [2.75, 3.05) is 13.2 Å². The lowest BCUT2D eigenvalue weighted by Crippen LogP contribution is -2.30. The van der Waals surface area contributed by atoms with E-state index in [-0.39, 0.29) is 12.5 Å². The SMILES string of the molecule is Cc1ccc(OCC(=O)NCCc2ccccc2C)c(Br)c1. The third-order valence-electron chi connectivity index (χ3n) is 3.42. The summed E-state index contributed by atoms with van der Waals surface area (Å²) >= 11 is 3.43. The van der Waals surface area contributed by atoms with E-state index >= 15 is 0 Å². The fraction of sp³-hybridized carbons (Fsp3) is 0.278. The van der Waals surface area contributed by atoms with Crippen LogP contribution in [0.15, 0.2) is 46.9 Å². The summed E-state index contributed by atoms with van der Waals surface area (Å²) in [6.45, 7) is 4.72. The molecule has 2 aromatic carbocycles. The molecule has 0 aliphatic rings. The number of benzene rings is 2. The summed E-state index contributed by atoms with van der Waals surface area (Å²) in [5, 5.41) is 2.88. The summed E-state index contributed by atoms with van der Waals surface area (Å²) in [6.07, 6.45) is 0.826. The smallest absolute Gasteiger partial charge is 0.257 e. The van der Waals surface area contributed by atoms with E-state index in [9.17, 15) is 4.79 Å². The van der Waals surface area contributed by atoms with Gasteiger partial charge in [0.2, 0.25) is 0 Å². The monoisotopic (exact) mass is 361 g/mol. The number of aryl methyl sites for hydroxylation is 2. The molecule has 0 saturated heterocycles. The second-order valence-electron chi connectivity index (χ2n) is 5.25. The van der Waals surface area contributed by atoms with Crippen LogP contribution in [0.4, 0.5) is 0 Å². The maximum atomic E-state index is 11.8. The Morgan fingerprint density at radius 1 is 1.18 bits per heavy atom. The van der Waals surface area contributed by atoms with Crippen LogP contribution < -0.4 is 10.1 Å². The lowest BCUT2D eigenvalue weighted by molar-refractivity contribution is -0.123. The summed E-state index contributed by atoms with van der Waals surface area (Å²) in [7, 11) is 0. The first-order valence-corrected chi connectivity index (χ1v) is 8.05. The van der Waals surface area contributed by atoms with Gasteiger partial charge in [0.1, 0.15) is 5.75 Å². The van der Waals surface area contributed by atoms with Gasteiger partial charge in [0.05, 0.1) is 4.47 Å². The van der Waals surface area contributed by atoms with Gasteiger partial charge < -0.3 is 10.1 Å². The molecule has 0 heterocycles. The van der Waals surface area contributed by atoms with Gasteiger partial charge in [-0.15, -0.1) is 0 Å². The summed E-state index contributed by atoms with van der Waals surface area (Å²) in [6, 6.07) is 14.0. The van der Waals surface area contributed by atoms with Gasteiger partial charge in [-0.2, -0.15) is 0 Å². The van der Waals surface area contributed by atoms with Gasteiger partial charge in [-0.05, 0) is 65.0 Å². The van der Waals surface area contributed by atoms with E-state index in [0.29, 0.717) is 12.3 Å². The number of hydrogen-bond donors (Lipinski definition) is 1. The normalized spacial score (nSPS) is 10.3. The molecule has 1 amide bonds. The fourth-order valence-electron chi connectivity index (χ4n) is 2.14. The molecule has 0 fully saturated rings. The van der Waals surface area contributed by atoms with Gasteiger partial charge in [0.25, 0.3) is 5.91 Å². The standard InChI is InChI=1S/C18H20BrNO2/c1-13-7-8-17(16(19)11-13)22-12-18(21)20-10-9-15-6-4-3-5-14(15)2/h3-8,11H,9-10,12H2,1-2H3,(H,20,21). The van der Waals surface area contributed by atoms with Crippen LogP contribution in [-0.2, 0) is 11.2 Å². The molecule has 0 spiro atoms. The van der Waals surface area contributed by atoms with Crippen LogP contribution in [0.1, 0.15) is 16.7 Å². The minimum atomic E-state index is -0.110. The summed E-state index contributed by atoms with van der Waals surface area (Å²) in [5.74, 6) is 0.570. The number of hydrogen-bond acceptors (Lipinski definition) is 2. The Morgan fingerprint density at radius 3 is 2.68 bits per heavy atom. The Kier molecular flexibility index (Phi) is 6.01. The minimum absolute atomic E-state index is 0.0232. The molecule has 0 saturated carbocycles. The van der Waals surface area contributed by atoms with Crippen molar-refractivity contribution in [2.24, 2.45) is 0 Å². The third kappa shape index (κ3) is 4.88. The van der Waals surface area contributed by atoms with Gasteiger partial charge in [-0.1, -0.05) is 30.3 Å². The zero-order valence-electron chi connectivity index (χ0n) is 12.9. The van der Waals surface area contributed by atoms with Crippen LogP contribution in [0.25, 0.3) is 0 Å². The quantitative estimate of drug-likeness (QED) is 0.849. The number of ether oxygens (including phenoxy) is 1.